The minimum atomic E-state index is -0.357. The highest BCUT2D eigenvalue weighted by molar-refractivity contribution is 6.30. The number of fused-ring (bicyclic) bond motifs is 1. The number of hydrogen-bond acceptors (Lipinski definition) is 4. The van der Waals surface area contributed by atoms with Crippen molar-refractivity contribution in [2.24, 2.45) is 5.10 Å². The molecule has 1 N–H and O–H groups in total. The standard InChI is InChI=1S/C26H21ClN2O3/c1-31-24-14-6-10-20(16-28-29-26(30)19-9-5-12-22(27)15-19)25(24)32-17-21-11-4-8-18-7-2-3-13-23(18)21/h2-16H,17H2,1H3,(H,29,30)/b28-16-. The molecule has 0 spiro atoms. The molecule has 4 rings (SSSR count). The van der Waals surface area contributed by atoms with E-state index in [1.807, 2.05) is 42.5 Å². The van der Waals surface area contributed by atoms with Gasteiger partial charge < -0.3 is 9.47 Å². The minimum Gasteiger partial charge on any atom is -0.493 e. The van der Waals surface area contributed by atoms with Crippen LogP contribution in [0.2, 0.25) is 5.02 Å². The molecule has 0 unspecified atom stereocenters. The van der Waals surface area contributed by atoms with Crippen LogP contribution in [0.5, 0.6) is 11.5 Å². The van der Waals surface area contributed by atoms with Crippen molar-refractivity contribution in [2.45, 2.75) is 6.61 Å². The van der Waals surface area contributed by atoms with Crippen molar-refractivity contribution >= 4 is 34.5 Å². The van der Waals surface area contributed by atoms with Crippen LogP contribution in [-0.4, -0.2) is 19.2 Å². The van der Waals surface area contributed by atoms with E-state index in [0.717, 1.165) is 16.3 Å². The van der Waals surface area contributed by atoms with Crippen LogP contribution >= 0.6 is 11.6 Å². The zero-order valence-corrected chi connectivity index (χ0v) is 18.2. The molecule has 0 aliphatic rings. The molecule has 6 heteroatoms. The third-order valence-electron chi connectivity index (χ3n) is 4.94. The maximum absolute atomic E-state index is 12.3. The van der Waals surface area contributed by atoms with Gasteiger partial charge in [0, 0.05) is 16.1 Å². The number of nitrogens with zero attached hydrogens (tertiary/aromatic N) is 1. The van der Waals surface area contributed by atoms with Gasteiger partial charge >= 0.3 is 0 Å². The third kappa shape index (κ3) is 4.90. The molecular formula is C26H21ClN2O3. The van der Waals surface area contributed by atoms with Gasteiger partial charge in [-0.3, -0.25) is 4.79 Å². The quantitative estimate of drug-likeness (QED) is 0.287. The number of para-hydroxylation sites is 1. The lowest BCUT2D eigenvalue weighted by molar-refractivity contribution is 0.0955. The molecule has 32 heavy (non-hydrogen) atoms. The number of hydrazone groups is 1. The Morgan fingerprint density at radius 2 is 1.78 bits per heavy atom. The van der Waals surface area contributed by atoms with Gasteiger partial charge in [0.1, 0.15) is 6.61 Å². The van der Waals surface area contributed by atoms with Gasteiger partial charge in [-0.25, -0.2) is 5.43 Å². The molecule has 0 radical (unpaired) electrons. The first-order chi connectivity index (χ1) is 15.7. The van der Waals surface area contributed by atoms with Crippen molar-refractivity contribution in [3.8, 4) is 11.5 Å². The van der Waals surface area contributed by atoms with E-state index in [9.17, 15) is 4.79 Å². The van der Waals surface area contributed by atoms with Gasteiger partial charge in [0.15, 0.2) is 11.5 Å². The molecule has 4 aromatic rings. The molecular weight excluding hydrogens is 424 g/mol. The van der Waals surface area contributed by atoms with Crippen LogP contribution in [0.15, 0.2) is 90.0 Å². The van der Waals surface area contributed by atoms with Gasteiger partial charge in [-0.2, -0.15) is 5.10 Å². The predicted molar refractivity (Wildman–Crippen MR) is 128 cm³/mol. The van der Waals surface area contributed by atoms with Crippen molar-refractivity contribution in [2.75, 3.05) is 7.11 Å². The Labute approximate surface area is 191 Å². The number of halogens is 1. The van der Waals surface area contributed by atoms with Gasteiger partial charge in [-0.1, -0.05) is 66.2 Å². The third-order valence-corrected chi connectivity index (χ3v) is 5.17. The van der Waals surface area contributed by atoms with E-state index in [1.54, 1.807) is 31.4 Å². The van der Waals surface area contributed by atoms with E-state index in [-0.39, 0.29) is 5.91 Å². The molecule has 0 saturated carbocycles. The molecule has 0 atom stereocenters. The zero-order valence-electron chi connectivity index (χ0n) is 17.4. The van der Waals surface area contributed by atoms with Crippen LogP contribution in [-0.2, 0) is 6.61 Å². The molecule has 160 valence electrons. The lowest BCUT2D eigenvalue weighted by Crippen LogP contribution is -2.17. The Kier molecular flexibility index (Phi) is 6.68. The zero-order chi connectivity index (χ0) is 22.3. The van der Waals surface area contributed by atoms with Crippen molar-refractivity contribution < 1.29 is 14.3 Å². The highest BCUT2D eigenvalue weighted by Crippen LogP contribution is 2.31. The molecule has 4 aromatic carbocycles. The highest BCUT2D eigenvalue weighted by Gasteiger charge is 2.11. The maximum atomic E-state index is 12.3. The van der Waals surface area contributed by atoms with E-state index in [4.69, 9.17) is 21.1 Å². The molecule has 0 fully saturated rings. The smallest absolute Gasteiger partial charge is 0.271 e. The van der Waals surface area contributed by atoms with E-state index in [1.165, 1.54) is 6.21 Å². The van der Waals surface area contributed by atoms with Gasteiger partial charge in [-0.15, -0.1) is 0 Å². The predicted octanol–water partition coefficient (Wildman–Crippen LogP) is 5.84. The second-order valence-corrected chi connectivity index (χ2v) is 7.45. The first-order valence-electron chi connectivity index (χ1n) is 10.0. The largest absolute Gasteiger partial charge is 0.493 e. The normalized spacial score (nSPS) is 10.9. The number of carbonyl (C=O) groups is 1. The Hall–Kier alpha value is -3.83. The molecule has 0 bridgehead atoms. The van der Waals surface area contributed by atoms with Gasteiger partial charge in [-0.05, 0) is 46.7 Å². The van der Waals surface area contributed by atoms with E-state index in [2.05, 4.69) is 28.7 Å². The van der Waals surface area contributed by atoms with Gasteiger partial charge in [0.25, 0.3) is 5.91 Å². The van der Waals surface area contributed by atoms with Gasteiger partial charge in [0.05, 0.1) is 13.3 Å². The summed E-state index contributed by atoms with van der Waals surface area (Å²) in [4.78, 5) is 12.3. The summed E-state index contributed by atoms with van der Waals surface area (Å²) < 4.78 is 11.6. The van der Waals surface area contributed by atoms with Crippen LogP contribution < -0.4 is 14.9 Å². The molecule has 5 nitrogen and oxygen atoms in total. The number of hydrogen-bond donors (Lipinski definition) is 1. The SMILES string of the molecule is COc1cccc(/C=N\NC(=O)c2cccc(Cl)c2)c1OCc1cccc2ccccc12. The van der Waals surface area contributed by atoms with Crippen molar-refractivity contribution in [1.82, 2.24) is 5.43 Å². The fourth-order valence-electron chi connectivity index (χ4n) is 3.37. The first kappa shape index (κ1) is 21.4. The van der Waals surface area contributed by atoms with Crippen LogP contribution in [0, 0.1) is 0 Å². The van der Waals surface area contributed by atoms with E-state index >= 15 is 0 Å². The van der Waals surface area contributed by atoms with Crippen molar-refractivity contribution in [3.05, 3.63) is 107 Å². The molecule has 0 aliphatic carbocycles. The lowest BCUT2D eigenvalue weighted by atomic mass is 10.1. The Morgan fingerprint density at radius 1 is 1.00 bits per heavy atom. The number of ether oxygens (including phenoxy) is 2. The van der Waals surface area contributed by atoms with Crippen LogP contribution in [0.1, 0.15) is 21.5 Å². The molecule has 0 aliphatic heterocycles. The topological polar surface area (TPSA) is 59.9 Å². The summed E-state index contributed by atoms with van der Waals surface area (Å²) in [6.07, 6.45) is 1.53. The summed E-state index contributed by atoms with van der Waals surface area (Å²) in [6, 6.07) is 26.5. The Bertz CT molecular complexity index is 1280. The average Bonchev–Trinajstić information content (AvgIpc) is 2.83. The van der Waals surface area contributed by atoms with Gasteiger partial charge in [0.2, 0.25) is 0 Å². The first-order valence-corrected chi connectivity index (χ1v) is 10.4. The number of methoxy groups -OCH3 is 1. The maximum Gasteiger partial charge on any atom is 0.271 e. The Balaban J connectivity index is 1.53. The summed E-state index contributed by atoms with van der Waals surface area (Å²) in [6.45, 7) is 0.359. The molecule has 0 aromatic heterocycles. The second-order valence-electron chi connectivity index (χ2n) is 7.02. The molecule has 0 saturated heterocycles. The number of nitrogens with one attached hydrogen (secondary N) is 1. The monoisotopic (exact) mass is 444 g/mol. The second kappa shape index (κ2) is 9.98. The fourth-order valence-corrected chi connectivity index (χ4v) is 3.56. The van der Waals surface area contributed by atoms with E-state index in [0.29, 0.717) is 34.3 Å². The summed E-state index contributed by atoms with van der Waals surface area (Å²) in [5, 5.41) is 6.86. The molecule has 1 amide bonds. The number of rotatable bonds is 7. The molecule has 0 heterocycles. The summed E-state index contributed by atoms with van der Waals surface area (Å²) in [5.74, 6) is 0.768. The summed E-state index contributed by atoms with van der Waals surface area (Å²) in [7, 11) is 1.59. The van der Waals surface area contributed by atoms with Crippen LogP contribution in [0.4, 0.5) is 0 Å². The van der Waals surface area contributed by atoms with Crippen molar-refractivity contribution in [3.63, 3.8) is 0 Å². The minimum absolute atomic E-state index is 0.357. The average molecular weight is 445 g/mol. The summed E-state index contributed by atoms with van der Waals surface area (Å²) in [5.41, 5.74) is 4.67. The number of benzene rings is 4. The number of amides is 1. The van der Waals surface area contributed by atoms with Crippen LogP contribution in [0.25, 0.3) is 10.8 Å². The highest BCUT2D eigenvalue weighted by atomic mass is 35.5. The summed E-state index contributed by atoms with van der Waals surface area (Å²) >= 11 is 5.95. The fraction of sp³-hybridized carbons (Fsp3) is 0.0769. The Morgan fingerprint density at radius 3 is 2.62 bits per heavy atom. The van der Waals surface area contributed by atoms with Crippen molar-refractivity contribution in [1.29, 1.82) is 0 Å². The lowest BCUT2D eigenvalue weighted by Gasteiger charge is -2.14. The van der Waals surface area contributed by atoms with E-state index < -0.39 is 0 Å². The van der Waals surface area contributed by atoms with Crippen LogP contribution in [0.3, 0.4) is 0 Å². The number of carbonyl (C=O) groups excluding carboxylic acids is 1.